The number of methoxy groups -OCH3 is 1. The summed E-state index contributed by atoms with van der Waals surface area (Å²) in [4.78, 5) is 8.44. The van der Waals surface area contributed by atoms with Crippen LogP contribution in [0.5, 0.6) is 5.88 Å². The topological polar surface area (TPSA) is 67.8 Å². The smallest absolute Gasteiger partial charge is 0.422 e. The number of halogens is 3. The lowest BCUT2D eigenvalue weighted by Crippen LogP contribution is -2.46. The SMILES string of the molecule is CCNC(=NCc1ccc(OCC(F)(F)F)nc1)NCC1(CCOC)CCC1. The third-order valence-electron chi connectivity index (χ3n) is 4.83. The minimum atomic E-state index is -4.38. The molecule has 0 radical (unpaired) electrons. The molecule has 0 atom stereocenters. The van der Waals surface area contributed by atoms with Crippen LogP contribution in [0.2, 0.25) is 0 Å². The first-order chi connectivity index (χ1) is 13.4. The maximum Gasteiger partial charge on any atom is 0.422 e. The first-order valence-electron chi connectivity index (χ1n) is 9.51. The number of nitrogens with one attached hydrogen (secondary N) is 2. The number of ether oxygens (including phenoxy) is 2. The fraction of sp³-hybridized carbons (Fsp3) is 0.684. The third-order valence-corrected chi connectivity index (χ3v) is 4.83. The Morgan fingerprint density at radius 1 is 1.29 bits per heavy atom. The molecule has 2 rings (SSSR count). The molecule has 9 heteroatoms. The summed E-state index contributed by atoms with van der Waals surface area (Å²) < 4.78 is 46.3. The summed E-state index contributed by atoms with van der Waals surface area (Å²) in [7, 11) is 1.72. The Labute approximate surface area is 163 Å². The summed E-state index contributed by atoms with van der Waals surface area (Å²) in [6, 6.07) is 3.09. The van der Waals surface area contributed by atoms with Gasteiger partial charge in [-0.1, -0.05) is 12.5 Å². The number of hydrogen-bond donors (Lipinski definition) is 2. The molecule has 1 aliphatic carbocycles. The van der Waals surface area contributed by atoms with Crippen LogP contribution in [0.3, 0.4) is 0 Å². The number of aromatic nitrogens is 1. The Kier molecular flexibility index (Phi) is 8.35. The van der Waals surface area contributed by atoms with Crippen molar-refractivity contribution in [3.63, 3.8) is 0 Å². The molecular formula is C19H29F3N4O2. The van der Waals surface area contributed by atoms with Crippen molar-refractivity contribution in [2.45, 2.75) is 45.3 Å². The van der Waals surface area contributed by atoms with Crippen molar-refractivity contribution in [2.75, 3.05) is 33.4 Å². The second-order valence-electron chi connectivity index (χ2n) is 7.05. The molecule has 0 aliphatic heterocycles. The van der Waals surface area contributed by atoms with Gasteiger partial charge in [0.05, 0.1) is 6.54 Å². The number of pyridine rings is 1. The molecule has 6 nitrogen and oxygen atoms in total. The molecule has 1 heterocycles. The Bertz CT molecular complexity index is 617. The van der Waals surface area contributed by atoms with Gasteiger partial charge in [-0.05, 0) is 37.2 Å². The van der Waals surface area contributed by atoms with Crippen molar-refractivity contribution in [3.05, 3.63) is 23.9 Å². The van der Waals surface area contributed by atoms with Crippen molar-refractivity contribution in [2.24, 2.45) is 10.4 Å². The summed E-state index contributed by atoms with van der Waals surface area (Å²) in [5.41, 5.74) is 1.06. The van der Waals surface area contributed by atoms with Gasteiger partial charge in [0.2, 0.25) is 5.88 Å². The van der Waals surface area contributed by atoms with Crippen molar-refractivity contribution in [3.8, 4) is 5.88 Å². The average molecular weight is 402 g/mol. The molecule has 1 saturated carbocycles. The van der Waals surface area contributed by atoms with Gasteiger partial charge in [0, 0.05) is 39.1 Å². The Hall–Kier alpha value is -2.03. The van der Waals surface area contributed by atoms with Crippen LogP contribution < -0.4 is 15.4 Å². The third kappa shape index (κ3) is 7.53. The molecule has 0 saturated heterocycles. The van der Waals surface area contributed by atoms with Gasteiger partial charge in [-0.3, -0.25) is 0 Å². The Balaban J connectivity index is 1.87. The summed E-state index contributed by atoms with van der Waals surface area (Å²) in [6.45, 7) is 3.34. The summed E-state index contributed by atoms with van der Waals surface area (Å²) in [6.07, 6.45) is 1.74. The highest BCUT2D eigenvalue weighted by Crippen LogP contribution is 2.43. The van der Waals surface area contributed by atoms with Crippen LogP contribution in [0.4, 0.5) is 13.2 Å². The summed E-state index contributed by atoms with van der Waals surface area (Å²) in [5.74, 6) is 0.656. The van der Waals surface area contributed by atoms with Crippen LogP contribution in [-0.4, -0.2) is 50.5 Å². The minimum absolute atomic E-state index is 0.0554. The quantitative estimate of drug-likeness (QED) is 0.464. The first-order valence-corrected chi connectivity index (χ1v) is 9.51. The van der Waals surface area contributed by atoms with Gasteiger partial charge in [-0.25, -0.2) is 9.98 Å². The van der Waals surface area contributed by atoms with Crippen LogP contribution >= 0.6 is 0 Å². The molecule has 1 aromatic heterocycles. The summed E-state index contributed by atoms with van der Waals surface area (Å²) >= 11 is 0. The standard InChI is InChI=1S/C19H29F3N4O2/c1-3-23-17(26-13-18(7-4-8-18)9-10-27-2)25-12-15-5-6-16(24-11-15)28-14-19(20,21)22/h5-6,11H,3-4,7-10,12-14H2,1-2H3,(H2,23,25,26). The highest BCUT2D eigenvalue weighted by atomic mass is 19.4. The number of hydrogen-bond acceptors (Lipinski definition) is 4. The molecule has 1 aromatic rings. The summed E-state index contributed by atoms with van der Waals surface area (Å²) in [5, 5.41) is 6.62. The Morgan fingerprint density at radius 3 is 2.61 bits per heavy atom. The lowest BCUT2D eigenvalue weighted by molar-refractivity contribution is -0.154. The van der Waals surface area contributed by atoms with Gasteiger partial charge in [-0.15, -0.1) is 0 Å². The van der Waals surface area contributed by atoms with E-state index in [0.717, 1.165) is 31.7 Å². The van der Waals surface area contributed by atoms with Gasteiger partial charge in [-0.2, -0.15) is 13.2 Å². The average Bonchev–Trinajstić information content (AvgIpc) is 2.63. The zero-order valence-electron chi connectivity index (χ0n) is 16.4. The zero-order chi connectivity index (χ0) is 20.5. The van der Waals surface area contributed by atoms with Crippen LogP contribution in [0.15, 0.2) is 23.3 Å². The number of rotatable bonds is 10. The molecule has 158 valence electrons. The highest BCUT2D eigenvalue weighted by Gasteiger charge is 2.36. The fourth-order valence-electron chi connectivity index (χ4n) is 3.04. The zero-order valence-corrected chi connectivity index (χ0v) is 16.4. The van der Waals surface area contributed by atoms with E-state index >= 15 is 0 Å². The lowest BCUT2D eigenvalue weighted by Gasteiger charge is -2.42. The normalized spacial score (nSPS) is 16.4. The van der Waals surface area contributed by atoms with Gasteiger partial charge in [0.1, 0.15) is 0 Å². The maximum absolute atomic E-state index is 12.2. The highest BCUT2D eigenvalue weighted by molar-refractivity contribution is 5.79. The Morgan fingerprint density at radius 2 is 2.07 bits per heavy atom. The van der Waals surface area contributed by atoms with Crippen molar-refractivity contribution < 1.29 is 22.6 Å². The van der Waals surface area contributed by atoms with E-state index in [0.29, 0.717) is 12.5 Å². The predicted molar refractivity (Wildman–Crippen MR) is 101 cm³/mol. The van der Waals surface area contributed by atoms with E-state index in [-0.39, 0.29) is 11.3 Å². The van der Waals surface area contributed by atoms with Gasteiger partial charge >= 0.3 is 6.18 Å². The van der Waals surface area contributed by atoms with Crippen molar-refractivity contribution >= 4 is 5.96 Å². The number of nitrogens with zero attached hydrogens (tertiary/aromatic N) is 2. The van der Waals surface area contributed by atoms with Gasteiger partial charge < -0.3 is 20.1 Å². The van der Waals surface area contributed by atoms with E-state index in [1.54, 1.807) is 13.2 Å². The second-order valence-corrected chi connectivity index (χ2v) is 7.05. The molecule has 28 heavy (non-hydrogen) atoms. The monoisotopic (exact) mass is 402 g/mol. The minimum Gasteiger partial charge on any atom is -0.468 e. The molecule has 1 aliphatic rings. The van der Waals surface area contributed by atoms with E-state index < -0.39 is 12.8 Å². The van der Waals surface area contributed by atoms with Crippen molar-refractivity contribution in [1.82, 2.24) is 15.6 Å². The molecule has 0 aromatic carbocycles. The van der Waals surface area contributed by atoms with Gasteiger partial charge in [0.25, 0.3) is 0 Å². The maximum atomic E-state index is 12.2. The van der Waals surface area contributed by atoms with E-state index in [1.807, 2.05) is 6.92 Å². The number of aliphatic imine (C=N–C) groups is 1. The molecule has 2 N–H and O–H groups in total. The second kappa shape index (κ2) is 10.5. The van der Waals surface area contributed by atoms with E-state index in [2.05, 4.69) is 25.3 Å². The van der Waals surface area contributed by atoms with Gasteiger partial charge in [0.15, 0.2) is 12.6 Å². The van der Waals surface area contributed by atoms with Crippen LogP contribution in [0.1, 0.15) is 38.2 Å². The largest absolute Gasteiger partial charge is 0.468 e. The van der Waals surface area contributed by atoms with Crippen LogP contribution in [-0.2, 0) is 11.3 Å². The molecule has 1 fully saturated rings. The molecule has 0 spiro atoms. The number of guanidine groups is 1. The molecule has 0 amide bonds. The van der Waals surface area contributed by atoms with Crippen LogP contribution in [0, 0.1) is 5.41 Å². The molecule has 0 unspecified atom stereocenters. The van der Waals surface area contributed by atoms with E-state index in [9.17, 15) is 13.2 Å². The molecule has 0 bridgehead atoms. The predicted octanol–water partition coefficient (Wildman–Crippen LogP) is 3.28. The first kappa shape index (κ1) is 22.3. The van der Waals surface area contributed by atoms with E-state index in [4.69, 9.17) is 4.74 Å². The van der Waals surface area contributed by atoms with Crippen molar-refractivity contribution in [1.29, 1.82) is 0 Å². The fourth-order valence-corrected chi connectivity index (χ4v) is 3.04. The number of alkyl halides is 3. The van der Waals surface area contributed by atoms with E-state index in [1.165, 1.54) is 31.5 Å². The lowest BCUT2D eigenvalue weighted by atomic mass is 9.67. The van der Waals surface area contributed by atoms with Crippen LogP contribution in [0.25, 0.3) is 0 Å². The molecular weight excluding hydrogens is 373 g/mol.